The smallest absolute Gasteiger partial charge is 0.246 e. The highest BCUT2D eigenvalue weighted by molar-refractivity contribution is 6.04. The van der Waals surface area contributed by atoms with Crippen LogP contribution in [-0.2, 0) is 0 Å². The minimum atomic E-state index is 0.484. The van der Waals surface area contributed by atoms with Crippen LogP contribution in [0.2, 0.25) is 0 Å². The van der Waals surface area contributed by atoms with Crippen molar-refractivity contribution < 1.29 is 4.42 Å². The van der Waals surface area contributed by atoms with Gasteiger partial charge in [-0.1, -0.05) is 121 Å². The number of fused-ring (bicyclic) bond motifs is 4. The lowest BCUT2D eigenvalue weighted by Crippen LogP contribution is -2.00. The Morgan fingerprint density at radius 2 is 0.979 bits per heavy atom. The first-order chi connectivity index (χ1) is 23.3. The van der Waals surface area contributed by atoms with Crippen molar-refractivity contribution in [2.45, 2.75) is 0 Å². The van der Waals surface area contributed by atoms with E-state index < -0.39 is 0 Å². The summed E-state index contributed by atoms with van der Waals surface area (Å²) in [5.41, 5.74) is 8.03. The third-order valence-electron chi connectivity index (χ3n) is 8.26. The van der Waals surface area contributed by atoms with Gasteiger partial charge in [-0.15, -0.1) is 0 Å². The Labute approximate surface area is 269 Å². The predicted octanol–water partition coefficient (Wildman–Crippen LogP) is 9.44. The van der Waals surface area contributed by atoms with Gasteiger partial charge in [0.1, 0.15) is 16.8 Å². The van der Waals surface area contributed by atoms with Crippen LogP contribution < -0.4 is 0 Å². The van der Waals surface area contributed by atoms with Crippen molar-refractivity contribution >= 4 is 33.0 Å². The van der Waals surface area contributed by atoms with Gasteiger partial charge in [0.2, 0.25) is 5.71 Å². The van der Waals surface area contributed by atoms with E-state index in [1.54, 1.807) is 6.20 Å². The van der Waals surface area contributed by atoms with Crippen molar-refractivity contribution in [3.05, 3.63) is 146 Å². The summed E-state index contributed by atoms with van der Waals surface area (Å²) in [5, 5.41) is 3.04. The molecule has 9 aromatic rings. The molecule has 0 spiro atoms. The topological polar surface area (TPSA) is 90.5 Å². The molecule has 4 heterocycles. The van der Waals surface area contributed by atoms with Crippen LogP contribution in [0.15, 0.2) is 150 Å². The fourth-order valence-corrected chi connectivity index (χ4v) is 5.97. The van der Waals surface area contributed by atoms with Gasteiger partial charge in [-0.05, 0) is 23.1 Å². The normalized spacial score (nSPS) is 11.4. The number of benzene rings is 5. The first-order valence-corrected chi connectivity index (χ1v) is 15.3. The molecule has 0 amide bonds. The minimum Gasteiger partial charge on any atom is -0.436 e. The fourth-order valence-electron chi connectivity index (χ4n) is 5.97. The zero-order chi connectivity index (χ0) is 31.2. The van der Waals surface area contributed by atoms with E-state index in [0.717, 1.165) is 60.8 Å². The molecule has 7 nitrogen and oxygen atoms in total. The van der Waals surface area contributed by atoms with Crippen molar-refractivity contribution in [1.29, 1.82) is 0 Å². The van der Waals surface area contributed by atoms with Gasteiger partial charge in [-0.3, -0.25) is 4.98 Å². The monoisotopic (exact) mass is 604 g/mol. The van der Waals surface area contributed by atoms with Gasteiger partial charge in [0.05, 0.1) is 11.9 Å². The average molecular weight is 605 g/mol. The summed E-state index contributed by atoms with van der Waals surface area (Å²) in [6.45, 7) is 0. The fraction of sp³-hybridized carbons (Fsp3) is 0. The number of para-hydroxylation sites is 1. The number of pyridine rings is 1. The summed E-state index contributed by atoms with van der Waals surface area (Å²) in [5.74, 6) is 1.85. The van der Waals surface area contributed by atoms with E-state index in [1.165, 1.54) is 0 Å². The van der Waals surface area contributed by atoms with E-state index in [-0.39, 0.29) is 0 Å². The highest BCUT2D eigenvalue weighted by Gasteiger charge is 2.18. The maximum absolute atomic E-state index is 6.08. The molecule has 0 aliphatic heterocycles. The SMILES string of the molecule is c1ccc(-c2nc(-c3ccccc3)nc(-c3ccc(-c4c(-c5cnc6c(n5)oc5ccccc56)ncc5ccccc45)cc3)n2)cc1. The van der Waals surface area contributed by atoms with Gasteiger partial charge >= 0.3 is 0 Å². The molecule has 7 heteroatoms. The average Bonchev–Trinajstić information content (AvgIpc) is 3.53. The zero-order valence-corrected chi connectivity index (χ0v) is 24.9. The standard InChI is InChI=1S/C40H24N6O/c1-3-11-26(12-4-1)37-44-38(27-13-5-2-6-14-27)46-39(45-37)28-21-19-25(20-22-28)34-30-16-8-7-15-29(30)23-41-36(34)32-24-42-35-31-17-9-10-18-33(31)47-40(35)43-32/h1-24H. The molecular formula is C40H24N6O. The van der Waals surface area contributed by atoms with E-state index in [2.05, 4.69) is 24.3 Å². The number of hydrogen-bond acceptors (Lipinski definition) is 7. The van der Waals surface area contributed by atoms with Crippen molar-refractivity contribution in [1.82, 2.24) is 29.9 Å². The van der Waals surface area contributed by atoms with Gasteiger partial charge in [0.15, 0.2) is 17.5 Å². The van der Waals surface area contributed by atoms with Crippen molar-refractivity contribution in [3.8, 4) is 56.7 Å². The second-order valence-electron chi connectivity index (χ2n) is 11.2. The number of rotatable bonds is 5. The van der Waals surface area contributed by atoms with Crippen LogP contribution in [-0.4, -0.2) is 29.9 Å². The number of furan rings is 1. The number of hydrogen-bond donors (Lipinski definition) is 0. The lowest BCUT2D eigenvalue weighted by molar-refractivity contribution is 0.653. The van der Waals surface area contributed by atoms with Crippen LogP contribution >= 0.6 is 0 Å². The lowest BCUT2D eigenvalue weighted by atomic mass is 9.95. The summed E-state index contributed by atoms with van der Waals surface area (Å²) in [4.78, 5) is 29.2. The third-order valence-corrected chi connectivity index (χ3v) is 8.26. The highest BCUT2D eigenvalue weighted by atomic mass is 16.3. The number of aromatic nitrogens is 6. The zero-order valence-electron chi connectivity index (χ0n) is 24.9. The molecule has 9 rings (SSSR count). The van der Waals surface area contributed by atoms with Crippen LogP contribution in [0.4, 0.5) is 0 Å². The maximum atomic E-state index is 6.08. The van der Waals surface area contributed by atoms with Crippen LogP contribution in [0.3, 0.4) is 0 Å². The van der Waals surface area contributed by atoms with Gasteiger partial charge in [-0.2, -0.15) is 0 Å². The van der Waals surface area contributed by atoms with Gasteiger partial charge in [-0.25, -0.2) is 24.9 Å². The van der Waals surface area contributed by atoms with Crippen LogP contribution in [0.5, 0.6) is 0 Å². The second kappa shape index (κ2) is 11.1. The molecule has 0 N–H and O–H groups in total. The van der Waals surface area contributed by atoms with Crippen molar-refractivity contribution in [3.63, 3.8) is 0 Å². The molecule has 0 fully saturated rings. The molecule has 0 saturated carbocycles. The van der Waals surface area contributed by atoms with Gasteiger partial charge in [0.25, 0.3) is 0 Å². The van der Waals surface area contributed by atoms with Crippen LogP contribution in [0, 0.1) is 0 Å². The summed E-state index contributed by atoms with van der Waals surface area (Å²) < 4.78 is 6.08. The van der Waals surface area contributed by atoms with E-state index in [4.69, 9.17) is 34.3 Å². The molecule has 0 aliphatic rings. The quantitative estimate of drug-likeness (QED) is 0.193. The molecule has 0 aliphatic carbocycles. The van der Waals surface area contributed by atoms with Crippen LogP contribution in [0.1, 0.15) is 0 Å². The second-order valence-corrected chi connectivity index (χ2v) is 11.2. The largest absolute Gasteiger partial charge is 0.436 e. The Kier molecular flexibility index (Phi) is 6.31. The Hall–Kier alpha value is -6.60. The summed E-state index contributed by atoms with van der Waals surface area (Å²) >= 11 is 0. The molecule has 0 unspecified atom stereocenters. The molecule has 47 heavy (non-hydrogen) atoms. The molecule has 0 atom stereocenters. The van der Waals surface area contributed by atoms with Gasteiger partial charge < -0.3 is 4.42 Å². The number of nitrogens with zero attached hydrogens (tertiary/aromatic N) is 6. The Morgan fingerprint density at radius 1 is 0.426 bits per heavy atom. The van der Waals surface area contributed by atoms with E-state index in [9.17, 15) is 0 Å². The molecule has 4 aromatic heterocycles. The minimum absolute atomic E-state index is 0.484. The third kappa shape index (κ3) is 4.78. The van der Waals surface area contributed by atoms with Crippen LogP contribution in [0.25, 0.3) is 89.7 Å². The predicted molar refractivity (Wildman–Crippen MR) is 185 cm³/mol. The summed E-state index contributed by atoms with van der Waals surface area (Å²) in [6, 6.07) is 44.3. The van der Waals surface area contributed by atoms with Gasteiger partial charge in [0, 0.05) is 39.2 Å². The Morgan fingerprint density at radius 3 is 1.66 bits per heavy atom. The van der Waals surface area contributed by atoms with E-state index in [0.29, 0.717) is 28.9 Å². The lowest BCUT2D eigenvalue weighted by Gasteiger charge is -2.13. The molecule has 5 aromatic carbocycles. The molecule has 0 radical (unpaired) electrons. The Balaban J connectivity index is 1.18. The highest BCUT2D eigenvalue weighted by Crippen LogP contribution is 2.38. The van der Waals surface area contributed by atoms with Crippen molar-refractivity contribution in [2.75, 3.05) is 0 Å². The Bertz CT molecular complexity index is 2510. The molecular weight excluding hydrogens is 580 g/mol. The molecule has 0 bridgehead atoms. The summed E-state index contributed by atoms with van der Waals surface area (Å²) in [7, 11) is 0. The van der Waals surface area contributed by atoms with E-state index in [1.807, 2.05) is 115 Å². The first kappa shape index (κ1) is 26.8. The summed E-state index contributed by atoms with van der Waals surface area (Å²) in [6.07, 6.45) is 3.66. The first-order valence-electron chi connectivity index (χ1n) is 15.3. The van der Waals surface area contributed by atoms with E-state index >= 15 is 0 Å². The molecule has 220 valence electrons. The maximum Gasteiger partial charge on any atom is 0.246 e. The molecule has 0 saturated heterocycles. The van der Waals surface area contributed by atoms with Crippen molar-refractivity contribution in [2.24, 2.45) is 0 Å².